The number of ether oxygens (including phenoxy) is 1. The molecule has 0 saturated carbocycles. The highest BCUT2D eigenvalue weighted by molar-refractivity contribution is 5.89. The number of allylic oxidation sites excluding steroid dienone is 1. The van der Waals surface area contributed by atoms with Gasteiger partial charge in [-0.3, -0.25) is 0 Å². The van der Waals surface area contributed by atoms with Crippen molar-refractivity contribution in [2.75, 3.05) is 0 Å². The van der Waals surface area contributed by atoms with Crippen LogP contribution >= 0.6 is 0 Å². The normalized spacial score (nSPS) is 43.6. The fourth-order valence-corrected chi connectivity index (χ4v) is 3.69. The fourth-order valence-electron chi connectivity index (χ4n) is 3.69. The third-order valence-electron chi connectivity index (χ3n) is 5.80. The van der Waals surface area contributed by atoms with Gasteiger partial charge in [0.2, 0.25) is 0 Å². The highest BCUT2D eigenvalue weighted by Crippen LogP contribution is 2.36. The zero-order valence-corrected chi connectivity index (χ0v) is 15.6. The van der Waals surface area contributed by atoms with E-state index in [-0.39, 0.29) is 5.92 Å². The van der Waals surface area contributed by atoms with E-state index in [1.165, 1.54) is 0 Å². The first-order chi connectivity index (χ1) is 11.5. The van der Waals surface area contributed by atoms with E-state index in [2.05, 4.69) is 6.58 Å². The Labute approximate surface area is 150 Å². The molecule has 0 aromatic heterocycles. The molecule has 2 aliphatic rings. The van der Waals surface area contributed by atoms with Crippen LogP contribution in [0.1, 0.15) is 65.7 Å². The van der Waals surface area contributed by atoms with Crippen molar-refractivity contribution in [2.24, 2.45) is 5.92 Å². The van der Waals surface area contributed by atoms with Crippen LogP contribution in [0.3, 0.4) is 0 Å². The maximum atomic E-state index is 12.1. The maximum absolute atomic E-state index is 12.1. The Hall–Kier alpha value is -1.17. The second-order valence-electron chi connectivity index (χ2n) is 8.30. The number of aliphatic hydroxyl groups excluding tert-OH is 1. The van der Waals surface area contributed by atoms with Gasteiger partial charge < -0.3 is 20.1 Å². The summed E-state index contributed by atoms with van der Waals surface area (Å²) >= 11 is 0. The maximum Gasteiger partial charge on any atom is 0.334 e. The summed E-state index contributed by atoms with van der Waals surface area (Å²) in [4.78, 5) is 12.1. The molecule has 3 N–H and O–H groups in total. The molecule has 1 aliphatic heterocycles. The van der Waals surface area contributed by atoms with E-state index < -0.39 is 29.4 Å². The molecule has 1 saturated heterocycles. The van der Waals surface area contributed by atoms with Crippen LogP contribution in [0.15, 0.2) is 23.8 Å². The lowest BCUT2D eigenvalue weighted by molar-refractivity contribution is -0.168. The van der Waals surface area contributed by atoms with Crippen LogP contribution in [0.25, 0.3) is 0 Å². The number of aliphatic hydroxyl groups is 3. The molecule has 1 aliphatic carbocycles. The van der Waals surface area contributed by atoms with E-state index in [9.17, 15) is 20.1 Å². The first kappa shape index (κ1) is 20.1. The number of hydrogen-bond donors (Lipinski definition) is 3. The molecule has 5 atom stereocenters. The lowest BCUT2D eigenvalue weighted by Crippen LogP contribution is -2.47. The van der Waals surface area contributed by atoms with E-state index in [1.807, 2.05) is 13.0 Å². The van der Waals surface area contributed by atoms with Gasteiger partial charge in [0.25, 0.3) is 0 Å². The summed E-state index contributed by atoms with van der Waals surface area (Å²) in [5, 5.41) is 31.6. The predicted molar refractivity (Wildman–Crippen MR) is 95.8 cm³/mol. The van der Waals surface area contributed by atoms with Gasteiger partial charge in [-0.2, -0.15) is 0 Å². The summed E-state index contributed by atoms with van der Waals surface area (Å²) in [5.74, 6) is -0.543. The standard InChI is InChI=1S/C20H32O5/c1-13-6-7-15-12-17(25-18(22)14(15)2)20(4,24)10-5-9-19(3,23)11-8-16(13)21/h6,15-17,21,23-24H,2,5,7-12H2,1,3-4H3/b13-6+/t15-,16+,17+,19-,20-/m1/s1. The molecule has 1 heterocycles. The second kappa shape index (κ2) is 7.60. The molecule has 0 unspecified atom stereocenters. The lowest BCUT2D eigenvalue weighted by atomic mass is 9.79. The van der Waals surface area contributed by atoms with Gasteiger partial charge in [0, 0.05) is 5.57 Å². The van der Waals surface area contributed by atoms with Gasteiger partial charge in [-0.15, -0.1) is 0 Å². The smallest absolute Gasteiger partial charge is 0.334 e. The van der Waals surface area contributed by atoms with Crippen molar-refractivity contribution in [3.8, 4) is 0 Å². The summed E-state index contributed by atoms with van der Waals surface area (Å²) in [6, 6.07) is 0. The zero-order valence-electron chi connectivity index (χ0n) is 15.6. The van der Waals surface area contributed by atoms with E-state index in [0.717, 1.165) is 5.57 Å². The summed E-state index contributed by atoms with van der Waals surface area (Å²) in [6.07, 6.45) is 4.42. The van der Waals surface area contributed by atoms with Gasteiger partial charge in [0.05, 0.1) is 17.3 Å². The first-order valence-electron chi connectivity index (χ1n) is 9.21. The molecule has 5 heteroatoms. The number of rotatable bonds is 0. The fraction of sp³-hybridized carbons (Fsp3) is 0.750. The minimum atomic E-state index is -1.13. The van der Waals surface area contributed by atoms with Gasteiger partial charge in [-0.05, 0) is 77.2 Å². The topological polar surface area (TPSA) is 87.0 Å². The van der Waals surface area contributed by atoms with Crippen molar-refractivity contribution in [1.29, 1.82) is 0 Å². The summed E-state index contributed by atoms with van der Waals surface area (Å²) in [6.45, 7) is 9.17. The van der Waals surface area contributed by atoms with Crippen LogP contribution in [0.5, 0.6) is 0 Å². The summed E-state index contributed by atoms with van der Waals surface area (Å²) in [7, 11) is 0. The second-order valence-corrected chi connectivity index (χ2v) is 8.30. The Morgan fingerprint density at radius 2 is 1.92 bits per heavy atom. The molecule has 2 rings (SSSR count). The first-order valence-corrected chi connectivity index (χ1v) is 9.21. The SMILES string of the molecule is C=C1C(=O)O[C@H]2C[C@H]1C/C=C(\C)[C@@H](O)CC[C@](C)(O)CCC[C@@]2(C)O. The molecule has 2 bridgehead atoms. The number of hydrogen-bond acceptors (Lipinski definition) is 5. The van der Waals surface area contributed by atoms with Gasteiger partial charge in [-0.1, -0.05) is 12.7 Å². The van der Waals surface area contributed by atoms with Crippen molar-refractivity contribution in [3.63, 3.8) is 0 Å². The highest BCUT2D eigenvalue weighted by atomic mass is 16.6. The number of carbonyl (C=O) groups is 1. The van der Waals surface area contributed by atoms with Gasteiger partial charge in [-0.25, -0.2) is 4.79 Å². The van der Waals surface area contributed by atoms with Crippen LogP contribution in [-0.4, -0.2) is 44.7 Å². The van der Waals surface area contributed by atoms with Crippen LogP contribution in [0.2, 0.25) is 0 Å². The molecule has 142 valence electrons. The molecule has 25 heavy (non-hydrogen) atoms. The lowest BCUT2D eigenvalue weighted by Gasteiger charge is -2.39. The number of esters is 1. The number of fused-ring (bicyclic) bond motifs is 2. The Kier molecular flexibility index (Phi) is 6.13. The molecule has 0 radical (unpaired) electrons. The Balaban J connectivity index is 2.26. The quantitative estimate of drug-likeness (QED) is 0.354. The molecular formula is C20H32O5. The third kappa shape index (κ3) is 5.16. The van der Waals surface area contributed by atoms with E-state index in [4.69, 9.17) is 4.74 Å². The third-order valence-corrected chi connectivity index (χ3v) is 5.80. The largest absolute Gasteiger partial charge is 0.456 e. The minimum Gasteiger partial charge on any atom is -0.456 e. The van der Waals surface area contributed by atoms with E-state index in [0.29, 0.717) is 50.5 Å². The Morgan fingerprint density at radius 1 is 1.24 bits per heavy atom. The molecule has 5 nitrogen and oxygen atoms in total. The molecule has 0 amide bonds. The molecular weight excluding hydrogens is 320 g/mol. The Bertz CT molecular complexity index is 546. The monoisotopic (exact) mass is 352 g/mol. The van der Waals surface area contributed by atoms with Crippen molar-refractivity contribution in [3.05, 3.63) is 23.8 Å². The average Bonchev–Trinajstić information content (AvgIpc) is 2.52. The zero-order chi connectivity index (χ0) is 18.8. The predicted octanol–water partition coefficient (Wildman–Crippen LogP) is 2.64. The van der Waals surface area contributed by atoms with E-state index >= 15 is 0 Å². The van der Waals surface area contributed by atoms with Crippen molar-refractivity contribution >= 4 is 5.97 Å². The van der Waals surface area contributed by atoms with Crippen LogP contribution in [-0.2, 0) is 9.53 Å². The van der Waals surface area contributed by atoms with Gasteiger partial charge >= 0.3 is 5.97 Å². The van der Waals surface area contributed by atoms with Crippen LogP contribution in [0.4, 0.5) is 0 Å². The minimum absolute atomic E-state index is 0.0917. The van der Waals surface area contributed by atoms with Crippen LogP contribution in [0, 0.1) is 5.92 Å². The van der Waals surface area contributed by atoms with E-state index in [1.54, 1.807) is 13.8 Å². The van der Waals surface area contributed by atoms with Crippen LogP contribution < -0.4 is 0 Å². The van der Waals surface area contributed by atoms with Crippen molar-refractivity contribution in [2.45, 2.75) is 89.1 Å². The summed E-state index contributed by atoms with van der Waals surface area (Å²) in [5.41, 5.74) is -0.752. The summed E-state index contributed by atoms with van der Waals surface area (Å²) < 4.78 is 5.42. The van der Waals surface area contributed by atoms with Gasteiger partial charge in [0.1, 0.15) is 6.10 Å². The average molecular weight is 352 g/mol. The number of carbonyl (C=O) groups excluding carboxylic acids is 1. The molecule has 0 aromatic rings. The van der Waals surface area contributed by atoms with Crippen molar-refractivity contribution < 1.29 is 24.9 Å². The Morgan fingerprint density at radius 3 is 2.60 bits per heavy atom. The molecule has 0 spiro atoms. The van der Waals surface area contributed by atoms with Crippen molar-refractivity contribution in [1.82, 2.24) is 0 Å². The molecule has 1 fully saturated rings. The molecule has 0 aromatic carbocycles. The highest BCUT2D eigenvalue weighted by Gasteiger charge is 2.42. The van der Waals surface area contributed by atoms with Gasteiger partial charge in [0.15, 0.2) is 0 Å².